The lowest BCUT2D eigenvalue weighted by molar-refractivity contribution is 0.299. The van der Waals surface area contributed by atoms with E-state index in [2.05, 4.69) is 22.0 Å². The fourth-order valence-electron chi connectivity index (χ4n) is 0.785. The lowest BCUT2D eigenvalue weighted by Crippen LogP contribution is -1.99. The molecular formula is C7H9N3O. The number of aliphatic hydroxyl groups is 1. The summed E-state index contributed by atoms with van der Waals surface area (Å²) in [5.74, 6) is 0. The van der Waals surface area contributed by atoms with Crippen LogP contribution in [0.3, 0.4) is 0 Å². The molecule has 1 N–H and O–H groups in total. The normalized spacial score (nSPS) is 9.55. The van der Waals surface area contributed by atoms with Gasteiger partial charge in [0.05, 0.1) is 11.9 Å². The van der Waals surface area contributed by atoms with Crippen molar-refractivity contribution in [2.45, 2.75) is 6.42 Å². The second kappa shape index (κ2) is 3.78. The van der Waals surface area contributed by atoms with Crippen LogP contribution in [0.1, 0.15) is 11.3 Å². The molecule has 1 aromatic heterocycles. The van der Waals surface area contributed by atoms with Gasteiger partial charge < -0.3 is 5.11 Å². The molecule has 0 aliphatic rings. The minimum atomic E-state index is 0.0915. The first-order valence-electron chi connectivity index (χ1n) is 3.29. The van der Waals surface area contributed by atoms with E-state index >= 15 is 0 Å². The predicted molar refractivity (Wildman–Crippen MR) is 40.7 cm³/mol. The molecule has 1 rings (SSSR count). The molecular weight excluding hydrogens is 142 g/mol. The van der Waals surface area contributed by atoms with Crippen LogP contribution in [0.15, 0.2) is 12.8 Å². The summed E-state index contributed by atoms with van der Waals surface area (Å²) in [4.78, 5) is 0. The predicted octanol–water partition coefficient (Wildman–Crippen LogP) is 0.0494. The number of nitrogens with zero attached hydrogens (tertiary/aromatic N) is 3. The maximum atomic E-state index is 8.63. The number of hydrogen-bond donors (Lipinski definition) is 1. The van der Waals surface area contributed by atoms with Crippen LogP contribution in [0.25, 0.3) is 6.08 Å². The first kappa shape index (κ1) is 7.81. The van der Waals surface area contributed by atoms with E-state index in [1.54, 1.807) is 12.3 Å². The van der Waals surface area contributed by atoms with Gasteiger partial charge in [-0.1, -0.05) is 6.58 Å². The molecule has 0 aliphatic carbocycles. The maximum Gasteiger partial charge on any atom is 0.0918 e. The van der Waals surface area contributed by atoms with Gasteiger partial charge in [0.15, 0.2) is 0 Å². The third-order valence-electron chi connectivity index (χ3n) is 1.32. The van der Waals surface area contributed by atoms with Gasteiger partial charge in [0, 0.05) is 12.2 Å². The second-order valence-corrected chi connectivity index (χ2v) is 2.02. The Labute approximate surface area is 64.6 Å². The van der Waals surface area contributed by atoms with Gasteiger partial charge in [-0.3, -0.25) is 0 Å². The van der Waals surface area contributed by atoms with Crippen molar-refractivity contribution < 1.29 is 5.11 Å². The van der Waals surface area contributed by atoms with Crippen LogP contribution in [0.5, 0.6) is 0 Å². The van der Waals surface area contributed by atoms with Crippen molar-refractivity contribution >= 4 is 6.08 Å². The molecule has 1 heterocycles. The van der Waals surface area contributed by atoms with Crippen molar-refractivity contribution in [2.24, 2.45) is 0 Å². The van der Waals surface area contributed by atoms with E-state index < -0.39 is 0 Å². The van der Waals surface area contributed by atoms with Crippen LogP contribution < -0.4 is 0 Å². The number of hydrogen-bond acceptors (Lipinski definition) is 4. The Balaban J connectivity index is 2.92. The van der Waals surface area contributed by atoms with E-state index in [9.17, 15) is 0 Å². The molecule has 1 aromatic rings. The smallest absolute Gasteiger partial charge is 0.0918 e. The Hall–Kier alpha value is -1.29. The molecule has 11 heavy (non-hydrogen) atoms. The Kier molecular flexibility index (Phi) is 2.68. The van der Waals surface area contributed by atoms with Gasteiger partial charge in [-0.05, 0) is 17.7 Å². The SMILES string of the molecule is C=Cc1nnncc1CCO. The van der Waals surface area contributed by atoms with E-state index in [4.69, 9.17) is 5.11 Å². The molecule has 0 atom stereocenters. The third kappa shape index (κ3) is 1.81. The van der Waals surface area contributed by atoms with Crippen LogP contribution in [-0.2, 0) is 6.42 Å². The highest BCUT2D eigenvalue weighted by molar-refractivity contribution is 5.44. The van der Waals surface area contributed by atoms with Gasteiger partial charge in [-0.25, -0.2) is 0 Å². The molecule has 0 spiro atoms. The zero-order chi connectivity index (χ0) is 8.10. The lowest BCUT2D eigenvalue weighted by Gasteiger charge is -1.98. The fourth-order valence-corrected chi connectivity index (χ4v) is 0.785. The number of rotatable bonds is 3. The van der Waals surface area contributed by atoms with Crippen molar-refractivity contribution in [3.63, 3.8) is 0 Å². The van der Waals surface area contributed by atoms with Gasteiger partial charge >= 0.3 is 0 Å². The molecule has 0 saturated carbocycles. The number of aromatic nitrogens is 3. The van der Waals surface area contributed by atoms with E-state index in [-0.39, 0.29) is 6.61 Å². The molecule has 4 nitrogen and oxygen atoms in total. The zero-order valence-corrected chi connectivity index (χ0v) is 6.06. The zero-order valence-electron chi connectivity index (χ0n) is 6.06. The summed E-state index contributed by atoms with van der Waals surface area (Å²) in [7, 11) is 0. The molecule has 4 heteroatoms. The lowest BCUT2D eigenvalue weighted by atomic mass is 10.2. The number of aliphatic hydroxyl groups excluding tert-OH is 1. The van der Waals surface area contributed by atoms with E-state index in [0.29, 0.717) is 12.1 Å². The summed E-state index contributed by atoms with van der Waals surface area (Å²) in [5, 5.41) is 19.4. The largest absolute Gasteiger partial charge is 0.396 e. The molecule has 0 unspecified atom stereocenters. The molecule has 0 fully saturated rings. The van der Waals surface area contributed by atoms with Crippen molar-refractivity contribution in [3.8, 4) is 0 Å². The van der Waals surface area contributed by atoms with Crippen LogP contribution in [-0.4, -0.2) is 27.1 Å². The maximum absolute atomic E-state index is 8.63. The first-order chi connectivity index (χ1) is 5.38. The van der Waals surface area contributed by atoms with E-state index in [0.717, 1.165) is 5.56 Å². The van der Waals surface area contributed by atoms with Gasteiger partial charge in [0.1, 0.15) is 0 Å². The molecule has 0 bridgehead atoms. The summed E-state index contributed by atoms with van der Waals surface area (Å²) in [5.41, 5.74) is 1.56. The average Bonchev–Trinajstić information content (AvgIpc) is 2.06. The van der Waals surface area contributed by atoms with Crippen molar-refractivity contribution in [3.05, 3.63) is 24.0 Å². The molecule has 0 aliphatic heterocycles. The molecule has 0 amide bonds. The Morgan fingerprint density at radius 3 is 3.09 bits per heavy atom. The second-order valence-electron chi connectivity index (χ2n) is 2.02. The minimum Gasteiger partial charge on any atom is -0.396 e. The first-order valence-corrected chi connectivity index (χ1v) is 3.29. The monoisotopic (exact) mass is 151 g/mol. The summed E-state index contributed by atoms with van der Waals surface area (Å²) in [6, 6.07) is 0. The molecule has 0 radical (unpaired) electrons. The molecule has 0 aromatic carbocycles. The van der Waals surface area contributed by atoms with Crippen molar-refractivity contribution in [2.75, 3.05) is 6.61 Å². The highest BCUT2D eigenvalue weighted by Crippen LogP contribution is 2.03. The Morgan fingerprint density at radius 1 is 1.64 bits per heavy atom. The van der Waals surface area contributed by atoms with Crippen molar-refractivity contribution in [1.82, 2.24) is 15.4 Å². The summed E-state index contributed by atoms with van der Waals surface area (Å²) in [6.45, 7) is 3.65. The summed E-state index contributed by atoms with van der Waals surface area (Å²) in [6.07, 6.45) is 3.73. The van der Waals surface area contributed by atoms with Gasteiger partial charge in [0.25, 0.3) is 0 Å². The van der Waals surface area contributed by atoms with Crippen LogP contribution in [0, 0.1) is 0 Å². The standard InChI is InChI=1S/C7H9N3O/c1-2-7-6(3-4-11)5-8-10-9-7/h2,5,11H,1,3-4H2. The van der Waals surface area contributed by atoms with Crippen molar-refractivity contribution in [1.29, 1.82) is 0 Å². The molecule has 0 saturated heterocycles. The molecule has 58 valence electrons. The minimum absolute atomic E-state index is 0.0915. The highest BCUT2D eigenvalue weighted by Gasteiger charge is 1.98. The van der Waals surface area contributed by atoms with Crippen LogP contribution in [0.2, 0.25) is 0 Å². The summed E-state index contributed by atoms with van der Waals surface area (Å²) < 4.78 is 0. The van der Waals surface area contributed by atoms with Crippen LogP contribution >= 0.6 is 0 Å². The fraction of sp³-hybridized carbons (Fsp3) is 0.286. The van der Waals surface area contributed by atoms with Gasteiger partial charge in [-0.2, -0.15) is 0 Å². The third-order valence-corrected chi connectivity index (χ3v) is 1.32. The van der Waals surface area contributed by atoms with Gasteiger partial charge in [-0.15, -0.1) is 10.2 Å². The van der Waals surface area contributed by atoms with Gasteiger partial charge in [0.2, 0.25) is 0 Å². The average molecular weight is 151 g/mol. The van der Waals surface area contributed by atoms with Crippen LogP contribution in [0.4, 0.5) is 0 Å². The van der Waals surface area contributed by atoms with E-state index in [1.165, 1.54) is 0 Å². The Morgan fingerprint density at radius 2 is 2.45 bits per heavy atom. The Bertz CT molecular complexity index is 249. The topological polar surface area (TPSA) is 58.9 Å². The quantitative estimate of drug-likeness (QED) is 0.663. The van der Waals surface area contributed by atoms with E-state index in [1.807, 2.05) is 0 Å². The summed E-state index contributed by atoms with van der Waals surface area (Å²) >= 11 is 0. The highest BCUT2D eigenvalue weighted by atomic mass is 16.2.